The molecule has 0 spiro atoms. The molecule has 0 bridgehead atoms. The molecule has 19 heavy (non-hydrogen) atoms. The van der Waals surface area contributed by atoms with E-state index in [-0.39, 0.29) is 17.4 Å². The van der Waals surface area contributed by atoms with Crippen LogP contribution in [0.5, 0.6) is 5.75 Å². The van der Waals surface area contributed by atoms with Gasteiger partial charge in [0.05, 0.1) is 24.5 Å². The van der Waals surface area contributed by atoms with Crippen LogP contribution in [0, 0.1) is 0 Å². The van der Waals surface area contributed by atoms with Crippen LogP contribution in [0.25, 0.3) is 0 Å². The van der Waals surface area contributed by atoms with Crippen molar-refractivity contribution >= 4 is 11.7 Å². The summed E-state index contributed by atoms with van der Waals surface area (Å²) in [6, 6.07) is 3.19. The molecule has 0 amide bonds. The van der Waals surface area contributed by atoms with Crippen LogP contribution in [0.2, 0.25) is 0 Å². The molecule has 104 valence electrons. The van der Waals surface area contributed by atoms with Crippen molar-refractivity contribution in [2.45, 2.75) is 12.5 Å². The van der Waals surface area contributed by atoms with Crippen LogP contribution in [0.1, 0.15) is 10.4 Å². The summed E-state index contributed by atoms with van der Waals surface area (Å²) in [5.74, 6) is -1.23. The number of hydrogen-bond acceptors (Lipinski definition) is 5. The Labute approximate surface area is 106 Å². The van der Waals surface area contributed by atoms with Crippen LogP contribution in [0.4, 0.5) is 18.9 Å². The Morgan fingerprint density at radius 1 is 1.37 bits per heavy atom. The molecule has 1 aliphatic rings. The van der Waals surface area contributed by atoms with E-state index in [0.29, 0.717) is 13.2 Å². The van der Waals surface area contributed by atoms with E-state index < -0.39 is 18.1 Å². The van der Waals surface area contributed by atoms with Crippen molar-refractivity contribution < 1.29 is 32.2 Å². The Morgan fingerprint density at radius 3 is 2.53 bits per heavy atom. The van der Waals surface area contributed by atoms with Gasteiger partial charge in [0.2, 0.25) is 0 Å². The first kappa shape index (κ1) is 13.5. The molecule has 1 aromatic carbocycles. The number of alkyl halides is 3. The number of esters is 1. The molecule has 0 aliphatic carbocycles. The summed E-state index contributed by atoms with van der Waals surface area (Å²) in [5.41, 5.74) is 5.15. The standard InChI is InChI=1S/C11H10F3NO4/c12-11(13,14)19-9-2-1-6(3-8(9)15)10(16)18-7-4-17-5-7/h1-3,7H,4-5,15H2. The number of nitrogens with two attached hydrogens (primary N) is 1. The van der Waals surface area contributed by atoms with Crippen LogP contribution >= 0.6 is 0 Å². The van der Waals surface area contributed by atoms with E-state index in [0.717, 1.165) is 18.2 Å². The first-order chi connectivity index (χ1) is 8.85. The highest BCUT2D eigenvalue weighted by atomic mass is 19.4. The number of ether oxygens (including phenoxy) is 3. The molecular formula is C11H10F3NO4. The van der Waals surface area contributed by atoms with E-state index in [1.807, 2.05) is 0 Å². The van der Waals surface area contributed by atoms with Crippen molar-refractivity contribution in [3.05, 3.63) is 23.8 Å². The predicted molar refractivity (Wildman–Crippen MR) is 57.6 cm³/mol. The third-order valence-corrected chi connectivity index (χ3v) is 2.35. The van der Waals surface area contributed by atoms with Gasteiger partial charge in [0.25, 0.3) is 0 Å². The van der Waals surface area contributed by atoms with E-state index in [9.17, 15) is 18.0 Å². The van der Waals surface area contributed by atoms with Gasteiger partial charge in [0, 0.05) is 0 Å². The SMILES string of the molecule is Nc1cc(C(=O)OC2COC2)ccc1OC(F)(F)F. The van der Waals surface area contributed by atoms with Crippen molar-refractivity contribution in [2.24, 2.45) is 0 Å². The minimum atomic E-state index is -4.83. The number of carbonyl (C=O) groups excluding carboxylic acids is 1. The van der Waals surface area contributed by atoms with Crippen LogP contribution in [0.3, 0.4) is 0 Å². The first-order valence-corrected chi connectivity index (χ1v) is 5.29. The van der Waals surface area contributed by atoms with Crippen molar-refractivity contribution in [2.75, 3.05) is 18.9 Å². The van der Waals surface area contributed by atoms with Gasteiger partial charge in [-0.15, -0.1) is 13.2 Å². The molecule has 0 aromatic heterocycles. The molecule has 0 radical (unpaired) electrons. The number of halogens is 3. The maximum Gasteiger partial charge on any atom is 0.573 e. The maximum atomic E-state index is 12.0. The molecule has 0 unspecified atom stereocenters. The summed E-state index contributed by atoms with van der Waals surface area (Å²) in [6.45, 7) is 0.632. The van der Waals surface area contributed by atoms with Crippen LogP contribution in [-0.2, 0) is 9.47 Å². The van der Waals surface area contributed by atoms with Gasteiger partial charge in [-0.25, -0.2) is 4.79 Å². The lowest BCUT2D eigenvalue weighted by Crippen LogP contribution is -2.37. The van der Waals surface area contributed by atoms with Crippen molar-refractivity contribution in [3.63, 3.8) is 0 Å². The van der Waals surface area contributed by atoms with E-state index in [1.165, 1.54) is 0 Å². The molecule has 2 N–H and O–H groups in total. The molecule has 1 aromatic rings. The number of hydrogen-bond donors (Lipinski definition) is 1. The molecule has 1 fully saturated rings. The Bertz CT molecular complexity index is 485. The summed E-state index contributed by atoms with van der Waals surface area (Å²) in [6.07, 6.45) is -5.15. The minimum Gasteiger partial charge on any atom is -0.454 e. The fourth-order valence-corrected chi connectivity index (χ4v) is 1.39. The highest BCUT2D eigenvalue weighted by Crippen LogP contribution is 2.29. The number of rotatable bonds is 3. The van der Waals surface area contributed by atoms with E-state index >= 15 is 0 Å². The second-order valence-electron chi connectivity index (χ2n) is 3.87. The average Bonchev–Trinajstić information content (AvgIpc) is 2.24. The Balaban J connectivity index is 2.07. The summed E-state index contributed by atoms with van der Waals surface area (Å²) in [7, 11) is 0. The van der Waals surface area contributed by atoms with Crippen molar-refractivity contribution in [1.29, 1.82) is 0 Å². The lowest BCUT2D eigenvalue weighted by molar-refractivity contribution is -0.274. The van der Waals surface area contributed by atoms with Crippen molar-refractivity contribution in [3.8, 4) is 5.75 Å². The van der Waals surface area contributed by atoms with Gasteiger partial charge >= 0.3 is 12.3 Å². The minimum absolute atomic E-state index is 0.0546. The first-order valence-electron chi connectivity index (χ1n) is 5.29. The summed E-state index contributed by atoms with van der Waals surface area (Å²) in [4.78, 5) is 11.6. The van der Waals surface area contributed by atoms with Gasteiger partial charge in [-0.1, -0.05) is 0 Å². The van der Waals surface area contributed by atoms with Crippen LogP contribution in [0.15, 0.2) is 18.2 Å². The second-order valence-corrected chi connectivity index (χ2v) is 3.87. The third kappa shape index (κ3) is 3.50. The average molecular weight is 277 g/mol. The van der Waals surface area contributed by atoms with Crippen LogP contribution in [-0.4, -0.2) is 31.6 Å². The number of nitrogen functional groups attached to an aromatic ring is 1. The Hall–Kier alpha value is -1.96. The summed E-state index contributed by atoms with van der Waals surface area (Å²) in [5, 5.41) is 0. The zero-order chi connectivity index (χ0) is 14.0. The Morgan fingerprint density at radius 2 is 2.05 bits per heavy atom. The summed E-state index contributed by atoms with van der Waals surface area (Å²) >= 11 is 0. The lowest BCUT2D eigenvalue weighted by atomic mass is 10.2. The molecule has 1 heterocycles. The number of anilines is 1. The molecule has 5 nitrogen and oxygen atoms in total. The molecule has 1 aliphatic heterocycles. The van der Waals surface area contributed by atoms with Gasteiger partial charge < -0.3 is 19.9 Å². The van der Waals surface area contributed by atoms with Crippen LogP contribution < -0.4 is 10.5 Å². The zero-order valence-corrected chi connectivity index (χ0v) is 9.57. The Kier molecular flexibility index (Phi) is 3.52. The molecule has 2 rings (SSSR count). The normalized spacial score (nSPS) is 15.7. The van der Waals surface area contributed by atoms with E-state index in [2.05, 4.69) is 4.74 Å². The highest BCUT2D eigenvalue weighted by Gasteiger charge is 2.32. The molecule has 8 heteroatoms. The second kappa shape index (κ2) is 4.96. The van der Waals surface area contributed by atoms with Gasteiger partial charge in [-0.3, -0.25) is 0 Å². The zero-order valence-electron chi connectivity index (χ0n) is 9.57. The summed E-state index contributed by atoms with van der Waals surface area (Å²) < 4.78 is 49.6. The fourth-order valence-electron chi connectivity index (χ4n) is 1.39. The monoisotopic (exact) mass is 277 g/mol. The third-order valence-electron chi connectivity index (χ3n) is 2.35. The largest absolute Gasteiger partial charge is 0.573 e. The van der Waals surface area contributed by atoms with Gasteiger partial charge in [0.1, 0.15) is 6.10 Å². The number of carbonyl (C=O) groups is 1. The van der Waals surface area contributed by atoms with E-state index in [4.69, 9.17) is 15.2 Å². The van der Waals surface area contributed by atoms with Gasteiger partial charge in [-0.2, -0.15) is 0 Å². The number of benzene rings is 1. The molecule has 1 saturated heterocycles. The highest BCUT2D eigenvalue weighted by molar-refractivity contribution is 5.91. The maximum absolute atomic E-state index is 12.0. The van der Waals surface area contributed by atoms with E-state index in [1.54, 1.807) is 0 Å². The molecule has 0 atom stereocenters. The quantitative estimate of drug-likeness (QED) is 0.673. The molecule has 0 saturated carbocycles. The molecular weight excluding hydrogens is 267 g/mol. The lowest BCUT2D eigenvalue weighted by Gasteiger charge is -2.25. The van der Waals surface area contributed by atoms with Crippen molar-refractivity contribution in [1.82, 2.24) is 0 Å². The smallest absolute Gasteiger partial charge is 0.454 e. The fraction of sp³-hybridized carbons (Fsp3) is 0.364. The predicted octanol–water partition coefficient (Wildman–Crippen LogP) is 1.72. The topological polar surface area (TPSA) is 70.8 Å². The van der Waals surface area contributed by atoms with Gasteiger partial charge in [0.15, 0.2) is 5.75 Å². The van der Waals surface area contributed by atoms with Gasteiger partial charge in [-0.05, 0) is 18.2 Å².